The molecule has 3 aromatic rings. The van der Waals surface area contributed by atoms with Crippen molar-refractivity contribution in [2.24, 2.45) is 0 Å². The molecule has 2 aromatic carbocycles. The number of carbonyl (C=O) groups excluding carboxylic acids is 1. The first kappa shape index (κ1) is 14.3. The molecule has 22 heavy (non-hydrogen) atoms. The molecule has 110 valence electrons. The third-order valence-corrected chi connectivity index (χ3v) is 3.97. The van der Waals surface area contributed by atoms with Crippen LogP contribution in [0.2, 0.25) is 0 Å². The van der Waals surface area contributed by atoms with Crippen LogP contribution < -0.4 is 5.11 Å². The Hall–Kier alpha value is -2.60. The number of thioether (sulfide) groups is 1. The summed E-state index contributed by atoms with van der Waals surface area (Å²) >= 11 is 1.50. The largest absolute Gasteiger partial charge is 0.545 e. The molecule has 0 N–H and O–H groups in total. The standard InChI is InChI=1S/C16H13N3O2S/c20-15(21)13-8-6-12(7-9-13)10-22-16-17-11-19(18-16)14-4-2-1-3-5-14/h1-9,11H,10H2,(H,20,21)/p-1. The smallest absolute Gasteiger partial charge is 0.209 e. The van der Waals surface area contributed by atoms with Crippen LogP contribution in [0.25, 0.3) is 5.69 Å². The Morgan fingerprint density at radius 3 is 2.50 bits per heavy atom. The quantitative estimate of drug-likeness (QED) is 0.673. The van der Waals surface area contributed by atoms with Crippen LogP contribution in [0.4, 0.5) is 0 Å². The number of nitrogens with zero attached hydrogens (tertiary/aromatic N) is 3. The van der Waals surface area contributed by atoms with Crippen LogP contribution in [0.15, 0.2) is 66.1 Å². The van der Waals surface area contributed by atoms with Crippen molar-refractivity contribution < 1.29 is 9.90 Å². The van der Waals surface area contributed by atoms with Crippen molar-refractivity contribution in [1.29, 1.82) is 0 Å². The number of rotatable bonds is 5. The Kier molecular flexibility index (Phi) is 4.20. The maximum absolute atomic E-state index is 10.7. The fourth-order valence-corrected chi connectivity index (χ4v) is 2.66. The van der Waals surface area contributed by atoms with Crippen LogP contribution in [-0.4, -0.2) is 20.7 Å². The van der Waals surface area contributed by atoms with Gasteiger partial charge in [0.15, 0.2) is 0 Å². The minimum atomic E-state index is -1.16. The van der Waals surface area contributed by atoms with E-state index in [0.29, 0.717) is 10.9 Å². The monoisotopic (exact) mass is 310 g/mol. The normalized spacial score (nSPS) is 10.5. The molecule has 0 amide bonds. The Balaban J connectivity index is 1.65. The topological polar surface area (TPSA) is 70.8 Å². The van der Waals surface area contributed by atoms with Crippen LogP contribution in [0.3, 0.4) is 0 Å². The van der Waals surface area contributed by atoms with Crippen molar-refractivity contribution in [2.75, 3.05) is 0 Å². The molecule has 0 aliphatic carbocycles. The number of aromatic carboxylic acids is 1. The summed E-state index contributed by atoms with van der Waals surface area (Å²) in [6.07, 6.45) is 1.68. The predicted octanol–water partition coefficient (Wildman–Crippen LogP) is 1.92. The number of para-hydroxylation sites is 1. The minimum Gasteiger partial charge on any atom is -0.545 e. The van der Waals surface area contributed by atoms with Gasteiger partial charge in [0.2, 0.25) is 5.16 Å². The first-order valence-corrected chi connectivity index (χ1v) is 7.61. The van der Waals surface area contributed by atoms with Gasteiger partial charge in [0.05, 0.1) is 11.7 Å². The lowest BCUT2D eigenvalue weighted by Crippen LogP contribution is -2.21. The maximum atomic E-state index is 10.7. The second kappa shape index (κ2) is 6.44. The van der Waals surface area contributed by atoms with Crippen LogP contribution in [0, 0.1) is 0 Å². The van der Waals surface area contributed by atoms with Gasteiger partial charge in [0.25, 0.3) is 0 Å². The van der Waals surface area contributed by atoms with Crippen molar-refractivity contribution in [2.45, 2.75) is 10.9 Å². The van der Waals surface area contributed by atoms with Gasteiger partial charge in [-0.1, -0.05) is 54.2 Å². The summed E-state index contributed by atoms with van der Waals surface area (Å²) < 4.78 is 1.72. The summed E-state index contributed by atoms with van der Waals surface area (Å²) in [5.41, 5.74) is 2.14. The van der Waals surface area contributed by atoms with Crippen molar-refractivity contribution in [3.05, 3.63) is 72.1 Å². The van der Waals surface area contributed by atoms with E-state index in [1.807, 2.05) is 30.3 Å². The molecule has 6 heteroatoms. The Morgan fingerprint density at radius 1 is 1.09 bits per heavy atom. The van der Waals surface area contributed by atoms with E-state index >= 15 is 0 Å². The highest BCUT2D eigenvalue weighted by molar-refractivity contribution is 7.98. The first-order valence-electron chi connectivity index (χ1n) is 6.62. The van der Waals surface area contributed by atoms with Crippen LogP contribution in [0.5, 0.6) is 0 Å². The summed E-state index contributed by atoms with van der Waals surface area (Å²) in [4.78, 5) is 15.0. The fraction of sp³-hybridized carbons (Fsp3) is 0.0625. The molecular weight excluding hydrogens is 298 g/mol. The lowest BCUT2D eigenvalue weighted by Gasteiger charge is -2.03. The highest BCUT2D eigenvalue weighted by Crippen LogP contribution is 2.20. The number of benzene rings is 2. The third-order valence-electron chi connectivity index (χ3n) is 3.05. The molecule has 0 radical (unpaired) electrons. The second-order valence-corrected chi connectivity index (χ2v) is 5.52. The Morgan fingerprint density at radius 2 is 1.82 bits per heavy atom. The highest BCUT2D eigenvalue weighted by Gasteiger charge is 2.04. The van der Waals surface area contributed by atoms with Crippen molar-refractivity contribution in [3.63, 3.8) is 0 Å². The van der Waals surface area contributed by atoms with Gasteiger partial charge >= 0.3 is 0 Å². The molecule has 0 atom stereocenters. The summed E-state index contributed by atoms with van der Waals surface area (Å²) in [5.74, 6) is -0.492. The maximum Gasteiger partial charge on any atom is 0.209 e. The molecule has 0 saturated heterocycles. The van der Waals surface area contributed by atoms with Gasteiger partial charge in [-0.15, -0.1) is 5.10 Å². The van der Waals surface area contributed by atoms with Gasteiger partial charge in [-0.2, -0.15) is 0 Å². The van der Waals surface area contributed by atoms with E-state index < -0.39 is 5.97 Å². The van der Waals surface area contributed by atoms with E-state index in [-0.39, 0.29) is 5.56 Å². The Labute approximate surface area is 131 Å². The van der Waals surface area contributed by atoms with Gasteiger partial charge < -0.3 is 9.90 Å². The zero-order chi connectivity index (χ0) is 15.4. The number of hydrogen-bond acceptors (Lipinski definition) is 5. The van der Waals surface area contributed by atoms with Crippen LogP contribution in [0.1, 0.15) is 15.9 Å². The number of hydrogen-bond donors (Lipinski definition) is 0. The van der Waals surface area contributed by atoms with E-state index in [4.69, 9.17) is 0 Å². The third kappa shape index (κ3) is 3.35. The zero-order valence-corrected chi connectivity index (χ0v) is 12.4. The van der Waals surface area contributed by atoms with Crippen LogP contribution in [-0.2, 0) is 5.75 Å². The average molecular weight is 310 g/mol. The molecule has 0 saturated carbocycles. The lowest BCUT2D eigenvalue weighted by molar-refractivity contribution is -0.255. The Bertz CT molecular complexity index is 770. The van der Waals surface area contributed by atoms with Gasteiger partial charge in [0, 0.05) is 5.75 Å². The highest BCUT2D eigenvalue weighted by atomic mass is 32.2. The van der Waals surface area contributed by atoms with Crippen LogP contribution >= 0.6 is 11.8 Å². The molecule has 0 aliphatic rings. The van der Waals surface area contributed by atoms with E-state index in [0.717, 1.165) is 11.3 Å². The fourth-order valence-electron chi connectivity index (χ4n) is 1.90. The van der Waals surface area contributed by atoms with Crippen molar-refractivity contribution in [1.82, 2.24) is 14.8 Å². The molecule has 0 aliphatic heterocycles. The SMILES string of the molecule is O=C([O-])c1ccc(CSc2ncn(-c3ccccc3)n2)cc1. The molecule has 0 fully saturated rings. The van der Waals surface area contributed by atoms with Gasteiger partial charge in [-0.3, -0.25) is 0 Å². The number of aromatic nitrogens is 3. The predicted molar refractivity (Wildman–Crippen MR) is 81.7 cm³/mol. The summed E-state index contributed by atoms with van der Waals surface area (Å²) in [6, 6.07) is 16.4. The minimum absolute atomic E-state index is 0.181. The molecule has 1 aromatic heterocycles. The number of carbonyl (C=O) groups is 1. The average Bonchev–Trinajstić information content (AvgIpc) is 3.03. The van der Waals surface area contributed by atoms with Crippen molar-refractivity contribution in [3.8, 4) is 5.69 Å². The lowest BCUT2D eigenvalue weighted by atomic mass is 10.1. The second-order valence-electron chi connectivity index (χ2n) is 4.58. The first-order chi connectivity index (χ1) is 10.7. The summed E-state index contributed by atoms with van der Waals surface area (Å²) in [5, 5.41) is 15.8. The molecule has 5 nitrogen and oxygen atoms in total. The zero-order valence-electron chi connectivity index (χ0n) is 11.5. The van der Waals surface area contributed by atoms with Gasteiger partial charge in [0.1, 0.15) is 6.33 Å². The molecular formula is C16H12N3O2S-. The van der Waals surface area contributed by atoms with Crippen molar-refractivity contribution >= 4 is 17.7 Å². The molecule has 3 rings (SSSR count). The summed E-state index contributed by atoms with van der Waals surface area (Å²) in [7, 11) is 0. The van der Waals surface area contributed by atoms with E-state index in [2.05, 4.69) is 10.1 Å². The van der Waals surface area contributed by atoms with E-state index in [1.54, 1.807) is 35.3 Å². The van der Waals surface area contributed by atoms with E-state index in [1.165, 1.54) is 11.8 Å². The molecule has 1 heterocycles. The number of carboxylic acids is 1. The molecule has 0 spiro atoms. The molecule has 0 bridgehead atoms. The van der Waals surface area contributed by atoms with E-state index in [9.17, 15) is 9.90 Å². The van der Waals surface area contributed by atoms with Gasteiger partial charge in [-0.05, 0) is 23.3 Å². The summed E-state index contributed by atoms with van der Waals surface area (Å²) in [6.45, 7) is 0. The number of carboxylic acid groups (broad SMARTS) is 1. The molecule has 0 unspecified atom stereocenters. The van der Waals surface area contributed by atoms with Gasteiger partial charge in [-0.25, -0.2) is 9.67 Å².